The molecule has 0 bridgehead atoms. The molecule has 1 unspecified atom stereocenters. The number of hydrogen-bond acceptors (Lipinski definition) is 4. The third-order valence-corrected chi connectivity index (χ3v) is 2.88. The van der Waals surface area contributed by atoms with E-state index in [1.54, 1.807) is 11.8 Å². The van der Waals surface area contributed by atoms with Crippen molar-refractivity contribution in [2.45, 2.75) is 38.3 Å². The first kappa shape index (κ1) is 15.7. The molecule has 1 aliphatic carbocycles. The van der Waals surface area contributed by atoms with Crippen LogP contribution in [0.1, 0.15) is 26.2 Å². The van der Waals surface area contributed by atoms with E-state index in [2.05, 4.69) is 5.32 Å². The number of carbonyl (C=O) groups excluding carboxylic acids is 1. The molecule has 0 aromatic rings. The Hall–Kier alpha value is -1.34. The SMILES string of the molecule is CCOC(CNC(=O)N(CCO)C1CC1)CC(=O)O. The monoisotopic (exact) mass is 274 g/mol. The molecular weight excluding hydrogens is 252 g/mol. The van der Waals surface area contributed by atoms with Gasteiger partial charge >= 0.3 is 12.0 Å². The Morgan fingerprint density at radius 3 is 2.63 bits per heavy atom. The van der Waals surface area contributed by atoms with Crippen LogP contribution >= 0.6 is 0 Å². The van der Waals surface area contributed by atoms with Gasteiger partial charge in [0.05, 0.1) is 19.1 Å². The van der Waals surface area contributed by atoms with Crippen LogP contribution in [0.4, 0.5) is 4.79 Å². The molecule has 2 amide bonds. The molecule has 110 valence electrons. The Morgan fingerprint density at radius 1 is 1.47 bits per heavy atom. The van der Waals surface area contributed by atoms with Crippen molar-refractivity contribution in [2.24, 2.45) is 0 Å². The zero-order chi connectivity index (χ0) is 14.3. The summed E-state index contributed by atoms with van der Waals surface area (Å²) in [5.41, 5.74) is 0. The third-order valence-electron chi connectivity index (χ3n) is 2.88. The molecule has 0 spiro atoms. The van der Waals surface area contributed by atoms with Gasteiger partial charge in [-0.25, -0.2) is 4.79 Å². The second-order valence-corrected chi connectivity index (χ2v) is 4.51. The van der Waals surface area contributed by atoms with Crippen LogP contribution in [-0.2, 0) is 9.53 Å². The first-order valence-electron chi connectivity index (χ1n) is 6.57. The molecule has 0 heterocycles. The highest BCUT2D eigenvalue weighted by Crippen LogP contribution is 2.26. The lowest BCUT2D eigenvalue weighted by Gasteiger charge is -2.23. The number of carboxylic acid groups (broad SMARTS) is 1. The van der Waals surface area contributed by atoms with Gasteiger partial charge in [-0.15, -0.1) is 0 Å². The summed E-state index contributed by atoms with van der Waals surface area (Å²) in [6.45, 7) is 2.56. The van der Waals surface area contributed by atoms with Crippen molar-refractivity contribution in [1.82, 2.24) is 10.2 Å². The van der Waals surface area contributed by atoms with Crippen molar-refractivity contribution in [1.29, 1.82) is 0 Å². The van der Waals surface area contributed by atoms with Gasteiger partial charge in [-0.3, -0.25) is 4.79 Å². The molecule has 0 radical (unpaired) electrons. The lowest BCUT2D eigenvalue weighted by Crippen LogP contribution is -2.45. The van der Waals surface area contributed by atoms with E-state index in [1.807, 2.05) is 0 Å². The number of carboxylic acids is 1. The van der Waals surface area contributed by atoms with Crippen molar-refractivity contribution < 1.29 is 24.5 Å². The van der Waals surface area contributed by atoms with Crippen LogP contribution < -0.4 is 5.32 Å². The Kier molecular flexibility index (Phi) is 6.58. The number of aliphatic hydroxyl groups is 1. The molecule has 1 fully saturated rings. The third kappa shape index (κ3) is 5.89. The number of nitrogens with one attached hydrogen (secondary N) is 1. The Labute approximate surface area is 112 Å². The van der Waals surface area contributed by atoms with E-state index in [9.17, 15) is 9.59 Å². The van der Waals surface area contributed by atoms with Crippen molar-refractivity contribution >= 4 is 12.0 Å². The van der Waals surface area contributed by atoms with Gasteiger partial charge in [-0.2, -0.15) is 0 Å². The molecular formula is C12H22N2O5. The van der Waals surface area contributed by atoms with Crippen LogP contribution in [-0.4, -0.2) is 65.6 Å². The molecule has 19 heavy (non-hydrogen) atoms. The number of carbonyl (C=O) groups is 2. The minimum atomic E-state index is -0.956. The topological polar surface area (TPSA) is 99.1 Å². The van der Waals surface area contributed by atoms with Crippen molar-refractivity contribution in [3.8, 4) is 0 Å². The minimum absolute atomic E-state index is 0.0755. The lowest BCUT2D eigenvalue weighted by molar-refractivity contribution is -0.140. The highest BCUT2D eigenvalue weighted by molar-refractivity contribution is 5.75. The second kappa shape index (κ2) is 7.96. The van der Waals surface area contributed by atoms with E-state index < -0.39 is 12.1 Å². The Bertz CT molecular complexity index is 306. The quantitative estimate of drug-likeness (QED) is 0.551. The van der Waals surface area contributed by atoms with Gasteiger partial charge in [0.15, 0.2) is 0 Å². The molecule has 7 heteroatoms. The average molecular weight is 274 g/mol. The molecule has 0 aromatic heterocycles. The maximum Gasteiger partial charge on any atom is 0.317 e. The minimum Gasteiger partial charge on any atom is -0.481 e. The number of nitrogens with zero attached hydrogens (tertiary/aromatic N) is 1. The first-order valence-corrected chi connectivity index (χ1v) is 6.57. The van der Waals surface area contributed by atoms with E-state index in [0.29, 0.717) is 13.2 Å². The normalized spacial score (nSPS) is 15.9. The maximum atomic E-state index is 11.9. The molecule has 0 aliphatic heterocycles. The number of hydrogen-bond donors (Lipinski definition) is 3. The number of ether oxygens (including phenoxy) is 1. The van der Waals surface area contributed by atoms with Gasteiger partial charge in [-0.05, 0) is 19.8 Å². The fourth-order valence-corrected chi connectivity index (χ4v) is 1.87. The first-order chi connectivity index (χ1) is 9.08. The van der Waals surface area contributed by atoms with E-state index in [4.69, 9.17) is 14.9 Å². The predicted octanol–water partition coefficient (Wildman–Crippen LogP) is 0.0325. The van der Waals surface area contributed by atoms with Crippen LogP contribution in [0.3, 0.4) is 0 Å². The van der Waals surface area contributed by atoms with Crippen LogP contribution in [0.15, 0.2) is 0 Å². The molecule has 1 rings (SSSR count). The zero-order valence-electron chi connectivity index (χ0n) is 11.2. The summed E-state index contributed by atoms with van der Waals surface area (Å²) in [4.78, 5) is 24.1. The molecule has 1 saturated carbocycles. The van der Waals surface area contributed by atoms with E-state index in [0.717, 1.165) is 12.8 Å². The lowest BCUT2D eigenvalue weighted by atomic mass is 10.2. The summed E-state index contributed by atoms with van der Waals surface area (Å²) in [6, 6.07) is -0.0659. The van der Waals surface area contributed by atoms with Gasteiger partial charge in [0.2, 0.25) is 0 Å². The van der Waals surface area contributed by atoms with Crippen LogP contribution in [0.2, 0.25) is 0 Å². The highest BCUT2D eigenvalue weighted by Gasteiger charge is 2.32. The summed E-state index contributed by atoms with van der Waals surface area (Å²) in [5, 5.41) is 20.3. The summed E-state index contributed by atoms with van der Waals surface area (Å²) < 4.78 is 5.26. The molecule has 1 atom stereocenters. The van der Waals surface area contributed by atoms with Crippen molar-refractivity contribution in [2.75, 3.05) is 26.3 Å². The Morgan fingerprint density at radius 2 is 2.16 bits per heavy atom. The summed E-state index contributed by atoms with van der Waals surface area (Å²) in [5.74, 6) is -0.956. The number of rotatable bonds is 9. The maximum absolute atomic E-state index is 11.9. The van der Waals surface area contributed by atoms with E-state index in [-0.39, 0.29) is 31.6 Å². The number of urea groups is 1. The number of aliphatic hydroxyl groups excluding tert-OH is 1. The fourth-order valence-electron chi connectivity index (χ4n) is 1.87. The van der Waals surface area contributed by atoms with E-state index >= 15 is 0 Å². The largest absolute Gasteiger partial charge is 0.481 e. The summed E-state index contributed by atoms with van der Waals surface area (Å²) in [7, 11) is 0. The molecule has 7 nitrogen and oxygen atoms in total. The van der Waals surface area contributed by atoms with Gasteiger partial charge in [-0.1, -0.05) is 0 Å². The van der Waals surface area contributed by atoms with Crippen LogP contribution in [0.5, 0.6) is 0 Å². The van der Waals surface area contributed by atoms with Gasteiger partial charge < -0.3 is 25.2 Å². The Balaban J connectivity index is 2.38. The molecule has 0 saturated heterocycles. The molecule has 1 aliphatic rings. The summed E-state index contributed by atoms with van der Waals surface area (Å²) in [6.07, 6.45) is 1.24. The predicted molar refractivity (Wildman–Crippen MR) is 67.9 cm³/mol. The number of aliphatic carboxylic acids is 1. The summed E-state index contributed by atoms with van der Waals surface area (Å²) >= 11 is 0. The van der Waals surface area contributed by atoms with Gasteiger partial charge in [0.25, 0.3) is 0 Å². The van der Waals surface area contributed by atoms with E-state index in [1.165, 1.54) is 0 Å². The van der Waals surface area contributed by atoms with Gasteiger partial charge in [0.1, 0.15) is 0 Å². The highest BCUT2D eigenvalue weighted by atomic mass is 16.5. The average Bonchev–Trinajstić information content (AvgIpc) is 3.16. The number of amides is 2. The standard InChI is InChI=1S/C12H22N2O5/c1-2-19-10(7-11(16)17)8-13-12(18)14(5-6-15)9-3-4-9/h9-10,15H,2-8H2,1H3,(H,13,18)(H,16,17). The van der Waals surface area contributed by atoms with Crippen LogP contribution in [0, 0.1) is 0 Å². The van der Waals surface area contributed by atoms with Crippen LogP contribution in [0.25, 0.3) is 0 Å². The van der Waals surface area contributed by atoms with Crippen molar-refractivity contribution in [3.63, 3.8) is 0 Å². The fraction of sp³-hybridized carbons (Fsp3) is 0.833. The molecule has 0 aromatic carbocycles. The smallest absolute Gasteiger partial charge is 0.317 e. The second-order valence-electron chi connectivity index (χ2n) is 4.51. The molecule has 3 N–H and O–H groups in total. The zero-order valence-corrected chi connectivity index (χ0v) is 11.2. The van der Waals surface area contributed by atoms with Crippen molar-refractivity contribution in [3.05, 3.63) is 0 Å². The van der Waals surface area contributed by atoms with Gasteiger partial charge in [0, 0.05) is 25.7 Å².